The Morgan fingerprint density at radius 3 is 2.44 bits per heavy atom. The van der Waals surface area contributed by atoms with Crippen molar-refractivity contribution in [3.63, 3.8) is 0 Å². The summed E-state index contributed by atoms with van der Waals surface area (Å²) in [5.41, 5.74) is 2.82. The van der Waals surface area contributed by atoms with Crippen LogP contribution in [0.25, 0.3) is 11.3 Å². The van der Waals surface area contributed by atoms with E-state index in [1.165, 1.54) is 6.42 Å². The average Bonchev–Trinajstić information content (AvgIpc) is 3.10. The number of carbonyl (C=O) groups excluding carboxylic acids is 1. The van der Waals surface area contributed by atoms with Crippen LogP contribution in [-0.2, 0) is 0 Å². The summed E-state index contributed by atoms with van der Waals surface area (Å²) >= 11 is 0. The molecule has 2 heterocycles. The zero-order valence-corrected chi connectivity index (χ0v) is 15.5. The first-order valence-corrected chi connectivity index (χ1v) is 9.04. The number of H-pyrrole nitrogens is 1. The van der Waals surface area contributed by atoms with Crippen molar-refractivity contribution in [1.29, 1.82) is 0 Å². The Morgan fingerprint density at radius 1 is 1.12 bits per heavy atom. The second-order valence-electron chi connectivity index (χ2n) is 7.97. The maximum atomic E-state index is 12.9. The van der Waals surface area contributed by atoms with Crippen molar-refractivity contribution in [2.24, 2.45) is 5.41 Å². The highest BCUT2D eigenvalue weighted by atomic mass is 16.2. The minimum absolute atomic E-state index is 0.0723. The molecule has 3 rings (SSSR count). The lowest BCUT2D eigenvalue weighted by Crippen LogP contribution is -2.49. The minimum Gasteiger partial charge on any atom is -0.336 e. The van der Waals surface area contributed by atoms with Gasteiger partial charge >= 0.3 is 0 Å². The highest BCUT2D eigenvalue weighted by molar-refractivity contribution is 5.99. The van der Waals surface area contributed by atoms with Crippen LogP contribution in [0.2, 0.25) is 0 Å². The summed E-state index contributed by atoms with van der Waals surface area (Å²) in [5, 5.41) is 7.08. The van der Waals surface area contributed by atoms with Gasteiger partial charge in [0.2, 0.25) is 0 Å². The smallest absolute Gasteiger partial charge is 0.257 e. The minimum atomic E-state index is 0.0723. The van der Waals surface area contributed by atoms with Gasteiger partial charge in [-0.1, -0.05) is 51.1 Å². The molecule has 5 heteroatoms. The molecule has 0 bridgehead atoms. The molecule has 134 valence electrons. The van der Waals surface area contributed by atoms with E-state index in [0.29, 0.717) is 11.0 Å². The summed E-state index contributed by atoms with van der Waals surface area (Å²) in [6.07, 6.45) is 2.83. The van der Waals surface area contributed by atoms with E-state index in [-0.39, 0.29) is 5.91 Å². The molecular formula is C20H28N4O. The maximum absolute atomic E-state index is 12.9. The van der Waals surface area contributed by atoms with Crippen LogP contribution >= 0.6 is 0 Å². The number of carbonyl (C=O) groups is 1. The number of amides is 1. The van der Waals surface area contributed by atoms with Gasteiger partial charge in [-0.15, -0.1) is 0 Å². The van der Waals surface area contributed by atoms with E-state index >= 15 is 0 Å². The summed E-state index contributed by atoms with van der Waals surface area (Å²) in [7, 11) is 0. The van der Waals surface area contributed by atoms with Crippen molar-refractivity contribution in [1.82, 2.24) is 20.0 Å². The van der Waals surface area contributed by atoms with Gasteiger partial charge < -0.3 is 4.90 Å². The van der Waals surface area contributed by atoms with Crippen molar-refractivity contribution in [2.45, 2.75) is 27.2 Å². The second-order valence-corrected chi connectivity index (χ2v) is 7.97. The molecule has 2 aromatic rings. The number of aromatic nitrogens is 2. The molecule has 1 aromatic carbocycles. The van der Waals surface area contributed by atoms with Crippen LogP contribution in [0.1, 0.15) is 37.6 Å². The number of hydrogen-bond acceptors (Lipinski definition) is 3. The average molecular weight is 340 g/mol. The van der Waals surface area contributed by atoms with Crippen LogP contribution in [0, 0.1) is 5.41 Å². The van der Waals surface area contributed by atoms with E-state index in [2.05, 4.69) is 35.9 Å². The number of hydrogen-bond donors (Lipinski definition) is 1. The Bertz CT molecular complexity index is 694. The second kappa shape index (κ2) is 7.40. The molecule has 0 spiro atoms. The van der Waals surface area contributed by atoms with Crippen molar-refractivity contribution in [3.8, 4) is 11.3 Å². The first-order chi connectivity index (χ1) is 11.9. The summed E-state index contributed by atoms with van der Waals surface area (Å²) in [4.78, 5) is 17.3. The van der Waals surface area contributed by atoms with E-state index in [1.807, 2.05) is 35.2 Å². The number of nitrogens with zero attached hydrogens (tertiary/aromatic N) is 3. The Morgan fingerprint density at radius 2 is 1.80 bits per heavy atom. The Balaban J connectivity index is 1.62. The third kappa shape index (κ3) is 4.48. The van der Waals surface area contributed by atoms with E-state index in [4.69, 9.17) is 0 Å². The molecule has 25 heavy (non-hydrogen) atoms. The molecule has 0 radical (unpaired) electrons. The van der Waals surface area contributed by atoms with Crippen LogP contribution in [-0.4, -0.2) is 58.6 Å². The largest absolute Gasteiger partial charge is 0.336 e. The van der Waals surface area contributed by atoms with Crippen LogP contribution < -0.4 is 0 Å². The van der Waals surface area contributed by atoms with Gasteiger partial charge in [-0.25, -0.2) is 0 Å². The van der Waals surface area contributed by atoms with E-state index in [0.717, 1.165) is 44.0 Å². The van der Waals surface area contributed by atoms with Crippen LogP contribution in [0.5, 0.6) is 0 Å². The Kier molecular flexibility index (Phi) is 5.23. The predicted octanol–water partition coefficient (Wildman–Crippen LogP) is 3.27. The van der Waals surface area contributed by atoms with Crippen molar-refractivity contribution in [2.75, 3.05) is 32.7 Å². The predicted molar refractivity (Wildman–Crippen MR) is 100 cm³/mol. The van der Waals surface area contributed by atoms with Gasteiger partial charge in [0, 0.05) is 31.7 Å². The lowest BCUT2D eigenvalue weighted by atomic mass is 9.92. The fourth-order valence-corrected chi connectivity index (χ4v) is 3.11. The molecule has 1 amide bonds. The topological polar surface area (TPSA) is 52.2 Å². The Hall–Kier alpha value is -2.14. The molecule has 1 fully saturated rings. The Labute approximate surface area is 150 Å². The molecule has 1 aliphatic rings. The summed E-state index contributed by atoms with van der Waals surface area (Å²) in [6.45, 7) is 11.4. The number of aromatic amines is 1. The maximum Gasteiger partial charge on any atom is 0.257 e. The van der Waals surface area contributed by atoms with Gasteiger partial charge in [0.15, 0.2) is 0 Å². The lowest BCUT2D eigenvalue weighted by molar-refractivity contribution is 0.0624. The van der Waals surface area contributed by atoms with Crippen molar-refractivity contribution < 1.29 is 4.79 Å². The number of rotatable bonds is 4. The molecule has 0 unspecified atom stereocenters. The van der Waals surface area contributed by atoms with E-state index in [9.17, 15) is 4.79 Å². The molecule has 0 saturated carbocycles. The lowest BCUT2D eigenvalue weighted by Gasteiger charge is -2.36. The molecule has 1 aromatic heterocycles. The summed E-state index contributed by atoms with van der Waals surface area (Å²) in [6, 6.07) is 9.90. The zero-order valence-electron chi connectivity index (χ0n) is 15.5. The van der Waals surface area contributed by atoms with E-state index < -0.39 is 0 Å². The number of nitrogens with one attached hydrogen (secondary N) is 1. The molecule has 1 saturated heterocycles. The van der Waals surface area contributed by atoms with E-state index in [1.54, 1.807) is 6.20 Å². The molecular weight excluding hydrogens is 312 g/mol. The fraction of sp³-hybridized carbons (Fsp3) is 0.500. The van der Waals surface area contributed by atoms with Gasteiger partial charge in [-0.3, -0.25) is 14.8 Å². The summed E-state index contributed by atoms with van der Waals surface area (Å²) in [5.74, 6) is 0.0723. The third-order valence-electron chi connectivity index (χ3n) is 4.77. The monoisotopic (exact) mass is 340 g/mol. The van der Waals surface area contributed by atoms with Gasteiger partial charge in [-0.2, -0.15) is 5.10 Å². The standard InChI is InChI=1S/C20H28N4O/c1-20(2,3)9-10-23-11-13-24(14-12-23)19(25)17-15-21-22-18(17)16-7-5-4-6-8-16/h4-8,15H,9-14H2,1-3H3,(H,21,22). The molecule has 1 N–H and O–H groups in total. The number of piperazine rings is 1. The SMILES string of the molecule is CC(C)(C)CCN1CCN(C(=O)c2cn[nH]c2-c2ccccc2)CC1. The fourth-order valence-electron chi connectivity index (χ4n) is 3.11. The first kappa shape index (κ1) is 17.7. The highest BCUT2D eigenvalue weighted by Gasteiger charge is 2.25. The quantitative estimate of drug-likeness (QED) is 0.929. The van der Waals surface area contributed by atoms with Crippen LogP contribution in [0.3, 0.4) is 0 Å². The molecule has 5 nitrogen and oxygen atoms in total. The van der Waals surface area contributed by atoms with Gasteiger partial charge in [0.05, 0.1) is 17.5 Å². The summed E-state index contributed by atoms with van der Waals surface area (Å²) < 4.78 is 0. The molecule has 0 aliphatic carbocycles. The third-order valence-corrected chi connectivity index (χ3v) is 4.77. The van der Waals surface area contributed by atoms with Crippen LogP contribution in [0.4, 0.5) is 0 Å². The van der Waals surface area contributed by atoms with Gasteiger partial charge in [-0.05, 0) is 18.4 Å². The van der Waals surface area contributed by atoms with Gasteiger partial charge in [0.25, 0.3) is 5.91 Å². The first-order valence-electron chi connectivity index (χ1n) is 9.04. The van der Waals surface area contributed by atoms with Crippen molar-refractivity contribution in [3.05, 3.63) is 42.1 Å². The molecule has 1 aliphatic heterocycles. The zero-order chi connectivity index (χ0) is 17.9. The molecule has 0 atom stereocenters. The van der Waals surface area contributed by atoms with Crippen LogP contribution in [0.15, 0.2) is 36.5 Å². The number of benzene rings is 1. The highest BCUT2D eigenvalue weighted by Crippen LogP contribution is 2.23. The van der Waals surface area contributed by atoms with Crippen molar-refractivity contribution >= 4 is 5.91 Å². The normalized spacial score (nSPS) is 16.2. The van der Waals surface area contributed by atoms with Gasteiger partial charge in [0.1, 0.15) is 0 Å².